The van der Waals surface area contributed by atoms with Crippen molar-refractivity contribution in [2.75, 3.05) is 37.0 Å². The number of hydrogen-bond donors (Lipinski definition) is 0. The third-order valence-electron chi connectivity index (χ3n) is 3.40. The Labute approximate surface area is 120 Å². The van der Waals surface area contributed by atoms with Gasteiger partial charge in [-0.15, -0.1) is 0 Å². The number of aromatic nitrogens is 2. The summed E-state index contributed by atoms with van der Waals surface area (Å²) in [6.07, 6.45) is -4.22. The molecule has 1 fully saturated rings. The van der Waals surface area contributed by atoms with E-state index in [4.69, 9.17) is 0 Å². The van der Waals surface area contributed by atoms with Gasteiger partial charge in [-0.2, -0.15) is 18.2 Å². The molecule has 21 heavy (non-hydrogen) atoms. The zero-order valence-corrected chi connectivity index (χ0v) is 12.1. The lowest BCUT2D eigenvalue weighted by molar-refractivity contribution is -0.141. The van der Waals surface area contributed by atoms with Gasteiger partial charge in [0.05, 0.1) is 0 Å². The molecule has 0 bridgehead atoms. The van der Waals surface area contributed by atoms with Crippen LogP contribution in [0.25, 0.3) is 0 Å². The van der Waals surface area contributed by atoms with Crippen LogP contribution in [0.4, 0.5) is 24.9 Å². The molecule has 0 radical (unpaired) electrons. The number of nitrogens with zero attached hydrogens (tertiary/aromatic N) is 4. The number of ketones is 1. The maximum absolute atomic E-state index is 12.9. The van der Waals surface area contributed by atoms with E-state index in [1.807, 2.05) is 0 Å². The van der Waals surface area contributed by atoms with Gasteiger partial charge in [-0.25, -0.2) is 4.98 Å². The average Bonchev–Trinajstić information content (AvgIpc) is 2.40. The molecule has 1 saturated heterocycles. The minimum Gasteiger partial charge on any atom is -0.363 e. The third kappa shape index (κ3) is 3.43. The fourth-order valence-corrected chi connectivity index (χ4v) is 2.13. The first-order valence-electron chi connectivity index (χ1n) is 6.59. The number of hydrogen-bond acceptors (Lipinski definition) is 5. The van der Waals surface area contributed by atoms with Crippen molar-refractivity contribution in [1.29, 1.82) is 0 Å². The second-order valence-electron chi connectivity index (χ2n) is 5.37. The molecular weight excluding hydrogens is 285 g/mol. The molecule has 2 heterocycles. The fraction of sp³-hybridized carbons (Fsp3) is 0.615. The molecule has 2 rings (SSSR count). The topological polar surface area (TPSA) is 49.3 Å². The summed E-state index contributed by atoms with van der Waals surface area (Å²) in [6.45, 7) is 2.44. The molecule has 0 aromatic carbocycles. The quantitative estimate of drug-likeness (QED) is 0.836. The summed E-state index contributed by atoms with van der Waals surface area (Å²) in [6, 6.07) is 0.919. The van der Waals surface area contributed by atoms with Crippen molar-refractivity contribution >= 4 is 17.5 Å². The normalized spacial score (nSPS) is 19.8. The van der Waals surface area contributed by atoms with E-state index in [0.717, 1.165) is 6.07 Å². The second-order valence-corrected chi connectivity index (χ2v) is 5.37. The van der Waals surface area contributed by atoms with Crippen molar-refractivity contribution in [3.05, 3.63) is 11.8 Å². The van der Waals surface area contributed by atoms with Crippen molar-refractivity contribution < 1.29 is 18.0 Å². The number of alkyl halides is 3. The number of rotatable bonds is 2. The highest BCUT2D eigenvalue weighted by atomic mass is 19.4. The van der Waals surface area contributed by atoms with Crippen LogP contribution in [0.15, 0.2) is 6.07 Å². The number of Topliss-reactive ketones (excluding diaryl/α,β-unsaturated/α-hetero) is 1. The molecule has 0 amide bonds. The summed E-state index contributed by atoms with van der Waals surface area (Å²) in [5, 5.41) is 0. The van der Waals surface area contributed by atoms with Gasteiger partial charge in [0.15, 0.2) is 5.69 Å². The predicted octanol–water partition coefficient (Wildman–Crippen LogP) is 1.98. The van der Waals surface area contributed by atoms with Gasteiger partial charge in [-0.3, -0.25) is 4.79 Å². The van der Waals surface area contributed by atoms with Crippen LogP contribution < -0.4 is 9.80 Å². The van der Waals surface area contributed by atoms with Crippen molar-refractivity contribution in [2.24, 2.45) is 5.92 Å². The molecule has 0 saturated carbocycles. The van der Waals surface area contributed by atoms with Gasteiger partial charge >= 0.3 is 6.18 Å². The van der Waals surface area contributed by atoms with Gasteiger partial charge in [0.25, 0.3) is 0 Å². The second kappa shape index (κ2) is 5.50. The van der Waals surface area contributed by atoms with Crippen molar-refractivity contribution in [3.63, 3.8) is 0 Å². The van der Waals surface area contributed by atoms with E-state index < -0.39 is 11.9 Å². The van der Waals surface area contributed by atoms with E-state index in [-0.39, 0.29) is 23.5 Å². The minimum absolute atomic E-state index is 0.0212. The molecule has 1 aliphatic rings. The van der Waals surface area contributed by atoms with Gasteiger partial charge in [0.1, 0.15) is 11.6 Å². The fourth-order valence-electron chi connectivity index (χ4n) is 2.13. The summed E-state index contributed by atoms with van der Waals surface area (Å²) in [7, 11) is 3.24. The standard InChI is InChI=1S/C13H17F3N4O/c1-8-7-20(5-4-9(8)21)12-17-10(13(14,15)16)6-11(18-12)19(2)3/h6,8H,4-5,7H2,1-3H3. The first-order chi connectivity index (χ1) is 9.68. The van der Waals surface area contributed by atoms with Crippen LogP contribution in [0.2, 0.25) is 0 Å². The highest BCUT2D eigenvalue weighted by Gasteiger charge is 2.35. The Morgan fingerprint density at radius 3 is 2.52 bits per heavy atom. The Bertz CT molecular complexity index is 545. The van der Waals surface area contributed by atoms with Gasteiger partial charge < -0.3 is 9.80 Å². The van der Waals surface area contributed by atoms with E-state index in [2.05, 4.69) is 9.97 Å². The van der Waals surface area contributed by atoms with Crippen LogP contribution in [-0.4, -0.2) is 42.9 Å². The van der Waals surface area contributed by atoms with Crippen LogP contribution in [-0.2, 0) is 11.0 Å². The highest BCUT2D eigenvalue weighted by Crippen LogP contribution is 2.31. The number of halogens is 3. The smallest absolute Gasteiger partial charge is 0.363 e. The molecule has 1 atom stereocenters. The van der Waals surface area contributed by atoms with E-state index in [1.165, 1.54) is 4.90 Å². The maximum atomic E-state index is 12.9. The molecule has 116 valence electrons. The van der Waals surface area contributed by atoms with Crippen LogP contribution in [0, 0.1) is 5.92 Å². The number of carbonyl (C=O) groups is 1. The molecular formula is C13H17F3N4O. The lowest BCUT2D eigenvalue weighted by Gasteiger charge is -2.30. The molecule has 0 N–H and O–H groups in total. The van der Waals surface area contributed by atoms with Crippen molar-refractivity contribution in [1.82, 2.24) is 9.97 Å². The first kappa shape index (κ1) is 15.5. The summed E-state index contributed by atoms with van der Waals surface area (Å²) >= 11 is 0. The zero-order valence-electron chi connectivity index (χ0n) is 12.1. The van der Waals surface area contributed by atoms with E-state index in [9.17, 15) is 18.0 Å². The number of carbonyl (C=O) groups excluding carboxylic acids is 1. The Morgan fingerprint density at radius 1 is 1.33 bits per heavy atom. The van der Waals surface area contributed by atoms with E-state index in [0.29, 0.717) is 19.5 Å². The maximum Gasteiger partial charge on any atom is 0.433 e. The van der Waals surface area contributed by atoms with Gasteiger partial charge in [0.2, 0.25) is 5.95 Å². The minimum atomic E-state index is -4.53. The Kier molecular flexibility index (Phi) is 4.06. The van der Waals surface area contributed by atoms with Gasteiger partial charge in [-0.05, 0) is 0 Å². The summed E-state index contributed by atoms with van der Waals surface area (Å²) in [4.78, 5) is 22.4. The van der Waals surface area contributed by atoms with Crippen LogP contribution in [0.3, 0.4) is 0 Å². The van der Waals surface area contributed by atoms with Crippen LogP contribution in [0.5, 0.6) is 0 Å². The predicted molar refractivity (Wildman–Crippen MR) is 72.4 cm³/mol. The summed E-state index contributed by atoms with van der Waals surface area (Å²) in [5.74, 6) is 0.107. The monoisotopic (exact) mass is 302 g/mol. The highest BCUT2D eigenvalue weighted by molar-refractivity contribution is 5.83. The Hall–Kier alpha value is -1.86. The molecule has 1 aliphatic heterocycles. The van der Waals surface area contributed by atoms with Crippen LogP contribution >= 0.6 is 0 Å². The molecule has 1 unspecified atom stereocenters. The van der Waals surface area contributed by atoms with E-state index in [1.54, 1.807) is 25.9 Å². The zero-order chi connectivity index (χ0) is 15.8. The molecule has 1 aromatic rings. The van der Waals surface area contributed by atoms with Crippen molar-refractivity contribution in [2.45, 2.75) is 19.5 Å². The lowest BCUT2D eigenvalue weighted by atomic mass is 9.99. The van der Waals surface area contributed by atoms with E-state index >= 15 is 0 Å². The van der Waals surface area contributed by atoms with Crippen LogP contribution in [0.1, 0.15) is 19.0 Å². The number of anilines is 2. The Balaban J connectivity index is 2.39. The van der Waals surface area contributed by atoms with Gasteiger partial charge in [-0.1, -0.05) is 6.92 Å². The average molecular weight is 302 g/mol. The first-order valence-corrected chi connectivity index (χ1v) is 6.59. The largest absolute Gasteiger partial charge is 0.433 e. The van der Waals surface area contributed by atoms with Gasteiger partial charge in [0, 0.05) is 45.6 Å². The molecule has 8 heteroatoms. The molecule has 0 aliphatic carbocycles. The Morgan fingerprint density at radius 2 is 2.00 bits per heavy atom. The summed E-state index contributed by atoms with van der Waals surface area (Å²) < 4.78 is 38.8. The summed E-state index contributed by atoms with van der Waals surface area (Å²) in [5.41, 5.74) is -0.972. The third-order valence-corrected chi connectivity index (χ3v) is 3.40. The molecule has 1 aromatic heterocycles. The number of piperidine rings is 1. The molecule has 5 nitrogen and oxygen atoms in total. The SMILES string of the molecule is CC1CN(c2nc(N(C)C)cc(C(F)(F)F)n2)CCC1=O. The van der Waals surface area contributed by atoms with Crippen molar-refractivity contribution in [3.8, 4) is 0 Å². The lowest BCUT2D eigenvalue weighted by Crippen LogP contribution is -2.40. The molecule has 0 spiro atoms.